The molecule has 1 heterocycles. The Morgan fingerprint density at radius 1 is 1.22 bits per heavy atom. The minimum Gasteiger partial charge on any atom is -0.495 e. The van der Waals surface area contributed by atoms with E-state index in [1.165, 1.54) is 7.11 Å². The maximum absolute atomic E-state index is 13.0. The van der Waals surface area contributed by atoms with Crippen LogP contribution in [0.15, 0.2) is 16.6 Å². The second-order valence-electron chi connectivity index (χ2n) is 4.20. The van der Waals surface area contributed by atoms with E-state index in [1.807, 2.05) is 4.90 Å². The fraction of sp³-hybridized carbons (Fsp3) is 0.500. The maximum atomic E-state index is 13.0. The number of halogens is 4. The Balaban J connectivity index is 2.48. The fourth-order valence-corrected chi connectivity index (χ4v) is 2.77. The first-order chi connectivity index (χ1) is 8.43. The lowest BCUT2D eigenvalue weighted by Crippen LogP contribution is -2.19. The number of ether oxygens (including phenoxy) is 1. The first-order valence-corrected chi connectivity index (χ1v) is 6.42. The number of anilines is 1. The Bertz CT molecular complexity index is 442. The first-order valence-electron chi connectivity index (χ1n) is 5.63. The highest BCUT2D eigenvalue weighted by molar-refractivity contribution is 9.10. The van der Waals surface area contributed by atoms with Crippen molar-refractivity contribution in [1.82, 2.24) is 0 Å². The Labute approximate surface area is 112 Å². The number of hydrogen-bond acceptors (Lipinski definition) is 2. The van der Waals surface area contributed by atoms with Crippen molar-refractivity contribution >= 4 is 21.6 Å². The third kappa shape index (κ3) is 2.58. The lowest BCUT2D eigenvalue weighted by Gasteiger charge is -2.21. The summed E-state index contributed by atoms with van der Waals surface area (Å²) in [4.78, 5) is 1.96. The first kappa shape index (κ1) is 13.5. The number of nitrogens with zero attached hydrogens (tertiary/aromatic N) is 1. The fourth-order valence-electron chi connectivity index (χ4n) is 2.16. The van der Waals surface area contributed by atoms with E-state index in [2.05, 4.69) is 15.9 Å². The predicted molar refractivity (Wildman–Crippen MR) is 67.1 cm³/mol. The standard InChI is InChI=1S/C12H13BrF3NO/c1-18-11-9(12(14,15)16)6-8(7-10(11)13)17-4-2-3-5-17/h6-7H,2-5H2,1H3. The molecular formula is C12H13BrF3NO. The third-order valence-corrected chi connectivity index (χ3v) is 3.60. The summed E-state index contributed by atoms with van der Waals surface area (Å²) in [5.41, 5.74) is -0.145. The molecule has 1 aromatic carbocycles. The summed E-state index contributed by atoms with van der Waals surface area (Å²) in [7, 11) is 1.24. The van der Waals surface area contributed by atoms with E-state index in [-0.39, 0.29) is 5.75 Å². The average Bonchev–Trinajstić information content (AvgIpc) is 2.80. The average molecular weight is 324 g/mol. The van der Waals surface area contributed by atoms with Crippen LogP contribution in [0.2, 0.25) is 0 Å². The summed E-state index contributed by atoms with van der Waals surface area (Å²) in [6.07, 6.45) is -2.38. The molecular weight excluding hydrogens is 311 g/mol. The molecule has 0 radical (unpaired) electrons. The molecule has 1 aromatic rings. The lowest BCUT2D eigenvalue weighted by molar-refractivity contribution is -0.138. The topological polar surface area (TPSA) is 12.5 Å². The van der Waals surface area contributed by atoms with Crippen molar-refractivity contribution in [2.24, 2.45) is 0 Å². The van der Waals surface area contributed by atoms with Crippen LogP contribution in [0.25, 0.3) is 0 Å². The number of hydrogen-bond donors (Lipinski definition) is 0. The zero-order chi connectivity index (χ0) is 13.3. The van der Waals surface area contributed by atoms with Crippen LogP contribution in [0.1, 0.15) is 18.4 Å². The zero-order valence-electron chi connectivity index (χ0n) is 9.85. The molecule has 100 valence electrons. The van der Waals surface area contributed by atoms with Gasteiger partial charge < -0.3 is 9.64 Å². The van der Waals surface area contributed by atoms with Gasteiger partial charge >= 0.3 is 6.18 Å². The summed E-state index contributed by atoms with van der Waals surface area (Å²) < 4.78 is 44.1. The minimum atomic E-state index is -4.41. The summed E-state index contributed by atoms with van der Waals surface area (Å²) in [5, 5.41) is 0. The molecule has 1 fully saturated rings. The van der Waals surface area contributed by atoms with Crippen molar-refractivity contribution in [3.8, 4) is 5.75 Å². The van der Waals surface area contributed by atoms with E-state index in [4.69, 9.17) is 4.74 Å². The van der Waals surface area contributed by atoms with Crippen molar-refractivity contribution in [2.75, 3.05) is 25.1 Å². The third-order valence-electron chi connectivity index (χ3n) is 3.01. The molecule has 1 aliphatic rings. The van der Waals surface area contributed by atoms with Crippen LogP contribution in [-0.4, -0.2) is 20.2 Å². The summed E-state index contributed by atoms with van der Waals surface area (Å²) in [6, 6.07) is 2.84. The summed E-state index contributed by atoms with van der Waals surface area (Å²) in [5.74, 6) is -0.162. The van der Waals surface area contributed by atoms with E-state index < -0.39 is 11.7 Å². The Kier molecular flexibility index (Phi) is 3.75. The van der Waals surface area contributed by atoms with Crippen LogP contribution in [0.5, 0.6) is 5.75 Å². The van der Waals surface area contributed by atoms with E-state index in [0.29, 0.717) is 10.2 Å². The zero-order valence-corrected chi connectivity index (χ0v) is 11.4. The predicted octanol–water partition coefficient (Wildman–Crippen LogP) is 4.08. The quantitative estimate of drug-likeness (QED) is 0.813. The van der Waals surface area contributed by atoms with Gasteiger partial charge in [0.1, 0.15) is 11.3 Å². The second kappa shape index (κ2) is 4.99. The van der Waals surface area contributed by atoms with Gasteiger partial charge in [0, 0.05) is 18.8 Å². The summed E-state index contributed by atoms with van der Waals surface area (Å²) in [6.45, 7) is 1.60. The molecule has 0 unspecified atom stereocenters. The van der Waals surface area contributed by atoms with Crippen molar-refractivity contribution in [1.29, 1.82) is 0 Å². The van der Waals surface area contributed by atoms with Gasteiger partial charge in [-0.1, -0.05) is 0 Å². The second-order valence-corrected chi connectivity index (χ2v) is 5.05. The number of methoxy groups -OCH3 is 1. The van der Waals surface area contributed by atoms with E-state index in [9.17, 15) is 13.2 Å². The molecule has 6 heteroatoms. The van der Waals surface area contributed by atoms with Gasteiger partial charge in [-0.15, -0.1) is 0 Å². The SMILES string of the molecule is COc1c(Br)cc(N2CCCC2)cc1C(F)(F)F. The number of alkyl halides is 3. The smallest absolute Gasteiger partial charge is 0.420 e. The van der Waals surface area contributed by atoms with E-state index in [1.54, 1.807) is 6.07 Å². The van der Waals surface area contributed by atoms with Crippen molar-refractivity contribution in [3.05, 3.63) is 22.2 Å². The number of benzene rings is 1. The van der Waals surface area contributed by atoms with Crippen LogP contribution in [0.3, 0.4) is 0 Å². The van der Waals surface area contributed by atoms with Gasteiger partial charge in [-0.05, 0) is 40.9 Å². The van der Waals surface area contributed by atoms with Gasteiger partial charge in [0.2, 0.25) is 0 Å². The normalized spacial score (nSPS) is 16.2. The molecule has 0 amide bonds. The maximum Gasteiger partial charge on any atom is 0.420 e. The molecule has 2 nitrogen and oxygen atoms in total. The van der Waals surface area contributed by atoms with Crippen molar-refractivity contribution < 1.29 is 17.9 Å². The molecule has 18 heavy (non-hydrogen) atoms. The highest BCUT2D eigenvalue weighted by atomic mass is 79.9. The molecule has 0 aromatic heterocycles. The monoisotopic (exact) mass is 323 g/mol. The molecule has 0 bridgehead atoms. The van der Waals surface area contributed by atoms with E-state index >= 15 is 0 Å². The van der Waals surface area contributed by atoms with Gasteiger partial charge in [-0.2, -0.15) is 13.2 Å². The van der Waals surface area contributed by atoms with Crippen LogP contribution < -0.4 is 9.64 Å². The van der Waals surface area contributed by atoms with Gasteiger partial charge in [0.25, 0.3) is 0 Å². The van der Waals surface area contributed by atoms with E-state index in [0.717, 1.165) is 32.0 Å². The lowest BCUT2D eigenvalue weighted by atomic mass is 10.1. The van der Waals surface area contributed by atoms with Crippen LogP contribution >= 0.6 is 15.9 Å². The Hall–Kier alpha value is -0.910. The van der Waals surface area contributed by atoms with Gasteiger partial charge in [-0.3, -0.25) is 0 Å². The van der Waals surface area contributed by atoms with Crippen molar-refractivity contribution in [2.45, 2.75) is 19.0 Å². The minimum absolute atomic E-state index is 0.162. The van der Waals surface area contributed by atoms with Crippen LogP contribution in [0.4, 0.5) is 18.9 Å². The molecule has 0 saturated carbocycles. The van der Waals surface area contributed by atoms with Crippen LogP contribution in [-0.2, 0) is 6.18 Å². The molecule has 0 N–H and O–H groups in total. The Morgan fingerprint density at radius 2 is 1.83 bits per heavy atom. The highest BCUT2D eigenvalue weighted by Gasteiger charge is 2.36. The van der Waals surface area contributed by atoms with Crippen LogP contribution in [0, 0.1) is 0 Å². The molecule has 1 saturated heterocycles. The van der Waals surface area contributed by atoms with Gasteiger partial charge in [0.15, 0.2) is 0 Å². The molecule has 1 aliphatic heterocycles. The number of rotatable bonds is 2. The van der Waals surface area contributed by atoms with Gasteiger partial charge in [-0.25, -0.2) is 0 Å². The molecule has 0 spiro atoms. The Morgan fingerprint density at radius 3 is 2.33 bits per heavy atom. The molecule has 0 aliphatic carbocycles. The highest BCUT2D eigenvalue weighted by Crippen LogP contribution is 2.43. The van der Waals surface area contributed by atoms with Crippen molar-refractivity contribution in [3.63, 3.8) is 0 Å². The molecule has 2 rings (SSSR count). The summed E-state index contributed by atoms with van der Waals surface area (Å²) >= 11 is 3.15. The molecule has 0 atom stereocenters. The van der Waals surface area contributed by atoms with Gasteiger partial charge in [0.05, 0.1) is 11.6 Å². The largest absolute Gasteiger partial charge is 0.495 e.